The molecule has 27 heavy (non-hydrogen) atoms. The second-order valence-corrected chi connectivity index (χ2v) is 8.27. The number of carbonyl (C=O) groups is 2. The van der Waals surface area contributed by atoms with Gasteiger partial charge in [-0.3, -0.25) is 14.6 Å². The first kappa shape index (κ1) is 17.9. The smallest absolute Gasteiger partial charge is 0.238 e. The fourth-order valence-corrected chi connectivity index (χ4v) is 4.46. The van der Waals surface area contributed by atoms with Gasteiger partial charge >= 0.3 is 0 Å². The Labute approximate surface area is 167 Å². The zero-order chi connectivity index (χ0) is 18.8. The lowest BCUT2D eigenvalue weighted by molar-refractivity contribution is -0.120. The number of fused-ring (bicyclic) bond motifs is 1. The molecule has 2 aromatic heterocycles. The van der Waals surface area contributed by atoms with E-state index in [9.17, 15) is 9.59 Å². The third kappa shape index (κ3) is 4.10. The van der Waals surface area contributed by atoms with Gasteiger partial charge in [0.25, 0.3) is 0 Å². The number of benzene rings is 1. The quantitative estimate of drug-likeness (QED) is 0.671. The summed E-state index contributed by atoms with van der Waals surface area (Å²) in [5.74, 6) is -0.528. The van der Waals surface area contributed by atoms with Crippen molar-refractivity contribution in [2.45, 2.75) is 16.6 Å². The van der Waals surface area contributed by atoms with Crippen LogP contribution in [0.25, 0.3) is 10.7 Å². The normalized spacial score (nSPS) is 15.7. The molecule has 2 N–H and O–H groups in total. The second-order valence-electron chi connectivity index (χ2n) is 5.62. The SMILES string of the molecule is O=C(CC1Sc2ccc(Cl)cc2NC1=O)Nc1nnc(-c2ccccn2)s1. The minimum atomic E-state index is -0.526. The van der Waals surface area contributed by atoms with Crippen LogP contribution in [0.1, 0.15) is 6.42 Å². The van der Waals surface area contributed by atoms with Gasteiger partial charge in [-0.2, -0.15) is 0 Å². The Morgan fingerprint density at radius 3 is 2.96 bits per heavy atom. The highest BCUT2D eigenvalue weighted by molar-refractivity contribution is 8.01. The molecule has 10 heteroatoms. The summed E-state index contributed by atoms with van der Waals surface area (Å²) in [6, 6.07) is 10.8. The standard InChI is InChI=1S/C17H12ClN5O2S2/c18-9-4-5-12-11(7-9)20-15(25)13(26-12)8-14(24)21-17-23-22-16(27-17)10-3-1-2-6-19-10/h1-7,13H,8H2,(H,20,25)(H,21,23,24). The molecule has 3 heterocycles. The minimum Gasteiger partial charge on any atom is -0.324 e. The molecule has 0 radical (unpaired) electrons. The first-order valence-corrected chi connectivity index (χ1v) is 9.98. The topological polar surface area (TPSA) is 96.9 Å². The zero-order valence-electron chi connectivity index (χ0n) is 13.7. The summed E-state index contributed by atoms with van der Waals surface area (Å²) in [6.45, 7) is 0. The van der Waals surface area contributed by atoms with E-state index < -0.39 is 5.25 Å². The minimum absolute atomic E-state index is 0.0249. The van der Waals surface area contributed by atoms with Gasteiger partial charge in [-0.1, -0.05) is 29.0 Å². The Bertz CT molecular complexity index is 1010. The van der Waals surface area contributed by atoms with Gasteiger partial charge < -0.3 is 10.6 Å². The van der Waals surface area contributed by atoms with Crippen molar-refractivity contribution >= 4 is 57.3 Å². The maximum atomic E-state index is 12.3. The van der Waals surface area contributed by atoms with Crippen molar-refractivity contribution in [3.8, 4) is 10.7 Å². The fraction of sp³-hybridized carbons (Fsp3) is 0.118. The van der Waals surface area contributed by atoms with Crippen LogP contribution in [0, 0.1) is 0 Å². The number of halogens is 1. The van der Waals surface area contributed by atoms with Crippen LogP contribution >= 0.6 is 34.7 Å². The zero-order valence-corrected chi connectivity index (χ0v) is 16.1. The van der Waals surface area contributed by atoms with Crippen molar-refractivity contribution < 1.29 is 9.59 Å². The van der Waals surface area contributed by atoms with Crippen molar-refractivity contribution in [3.63, 3.8) is 0 Å². The average molecular weight is 418 g/mol. The van der Waals surface area contributed by atoms with Crippen molar-refractivity contribution in [1.29, 1.82) is 0 Å². The summed E-state index contributed by atoms with van der Waals surface area (Å²) in [6.07, 6.45) is 1.69. The third-order valence-electron chi connectivity index (χ3n) is 3.69. The first-order chi connectivity index (χ1) is 13.1. The Balaban J connectivity index is 1.40. The molecule has 1 aliphatic heterocycles. The molecule has 7 nitrogen and oxygen atoms in total. The lowest BCUT2D eigenvalue weighted by atomic mass is 10.2. The fourth-order valence-electron chi connectivity index (χ4n) is 2.46. The van der Waals surface area contributed by atoms with Gasteiger partial charge in [0.05, 0.1) is 10.9 Å². The molecule has 0 saturated heterocycles. The largest absolute Gasteiger partial charge is 0.324 e. The molecule has 1 unspecified atom stereocenters. The number of aromatic nitrogens is 3. The molecule has 3 aromatic rings. The molecule has 0 spiro atoms. The summed E-state index contributed by atoms with van der Waals surface area (Å²) in [5.41, 5.74) is 1.35. The molecule has 4 rings (SSSR count). The monoisotopic (exact) mass is 417 g/mol. The number of carbonyl (C=O) groups excluding carboxylic acids is 2. The van der Waals surface area contributed by atoms with Crippen LogP contribution in [0.5, 0.6) is 0 Å². The Morgan fingerprint density at radius 2 is 2.15 bits per heavy atom. The Morgan fingerprint density at radius 1 is 1.26 bits per heavy atom. The number of rotatable bonds is 4. The molecule has 1 aromatic carbocycles. The van der Waals surface area contributed by atoms with Crippen molar-refractivity contribution in [2.24, 2.45) is 0 Å². The average Bonchev–Trinajstić information content (AvgIpc) is 3.11. The molecular weight excluding hydrogens is 406 g/mol. The van der Waals surface area contributed by atoms with E-state index in [4.69, 9.17) is 11.6 Å². The number of nitrogens with one attached hydrogen (secondary N) is 2. The molecule has 1 aliphatic rings. The maximum absolute atomic E-state index is 12.3. The predicted octanol–water partition coefficient (Wildman–Crippen LogP) is 3.70. The van der Waals surface area contributed by atoms with E-state index in [1.54, 1.807) is 18.3 Å². The molecular formula is C17H12ClN5O2S2. The van der Waals surface area contributed by atoms with Gasteiger partial charge in [-0.05, 0) is 30.3 Å². The molecule has 0 saturated carbocycles. The number of nitrogens with zero attached hydrogens (tertiary/aromatic N) is 3. The maximum Gasteiger partial charge on any atom is 0.238 e. The van der Waals surface area contributed by atoms with Crippen molar-refractivity contribution in [3.05, 3.63) is 47.6 Å². The predicted molar refractivity (Wildman–Crippen MR) is 106 cm³/mol. The van der Waals surface area contributed by atoms with Gasteiger partial charge in [0, 0.05) is 22.5 Å². The van der Waals surface area contributed by atoms with E-state index in [0.717, 1.165) is 4.90 Å². The van der Waals surface area contributed by atoms with Crippen LogP contribution in [0.15, 0.2) is 47.5 Å². The van der Waals surface area contributed by atoms with Gasteiger partial charge in [0.15, 0.2) is 5.01 Å². The van der Waals surface area contributed by atoms with Crippen LogP contribution in [-0.2, 0) is 9.59 Å². The number of hydrogen-bond acceptors (Lipinski definition) is 7. The van der Waals surface area contributed by atoms with Crippen LogP contribution < -0.4 is 10.6 Å². The van der Waals surface area contributed by atoms with Gasteiger partial charge in [-0.15, -0.1) is 22.0 Å². The summed E-state index contributed by atoms with van der Waals surface area (Å²) in [7, 11) is 0. The van der Waals surface area contributed by atoms with Crippen LogP contribution in [0.2, 0.25) is 5.02 Å². The lowest BCUT2D eigenvalue weighted by Gasteiger charge is -2.23. The lowest BCUT2D eigenvalue weighted by Crippen LogP contribution is -2.32. The summed E-state index contributed by atoms with van der Waals surface area (Å²) >= 11 is 8.51. The number of hydrogen-bond donors (Lipinski definition) is 2. The summed E-state index contributed by atoms with van der Waals surface area (Å²) < 4.78 is 0. The van der Waals surface area contributed by atoms with E-state index in [1.165, 1.54) is 23.1 Å². The Hall–Kier alpha value is -2.49. The molecule has 0 aliphatic carbocycles. The highest BCUT2D eigenvalue weighted by Crippen LogP contribution is 2.38. The highest BCUT2D eigenvalue weighted by atomic mass is 35.5. The Kier molecular flexibility index (Phi) is 5.06. The third-order valence-corrected chi connectivity index (χ3v) is 6.06. The van der Waals surface area contributed by atoms with E-state index >= 15 is 0 Å². The first-order valence-electron chi connectivity index (χ1n) is 7.90. The van der Waals surface area contributed by atoms with Gasteiger partial charge in [0.2, 0.25) is 16.9 Å². The van der Waals surface area contributed by atoms with E-state index in [-0.39, 0.29) is 18.2 Å². The van der Waals surface area contributed by atoms with Crippen LogP contribution in [0.4, 0.5) is 10.8 Å². The second kappa shape index (κ2) is 7.63. The summed E-state index contributed by atoms with van der Waals surface area (Å²) in [4.78, 5) is 29.7. The molecule has 1 atom stereocenters. The molecule has 136 valence electrons. The van der Waals surface area contributed by atoms with Crippen LogP contribution in [-0.4, -0.2) is 32.2 Å². The molecule has 2 amide bonds. The molecule has 0 bridgehead atoms. The van der Waals surface area contributed by atoms with E-state index in [2.05, 4.69) is 25.8 Å². The van der Waals surface area contributed by atoms with Crippen LogP contribution in [0.3, 0.4) is 0 Å². The summed E-state index contributed by atoms with van der Waals surface area (Å²) in [5, 5.41) is 14.5. The van der Waals surface area contributed by atoms with Gasteiger partial charge in [-0.25, -0.2) is 0 Å². The number of pyridine rings is 1. The van der Waals surface area contributed by atoms with E-state index in [1.807, 2.05) is 24.3 Å². The number of thioether (sulfide) groups is 1. The highest BCUT2D eigenvalue weighted by Gasteiger charge is 2.29. The number of amides is 2. The molecule has 0 fully saturated rings. The van der Waals surface area contributed by atoms with Crippen molar-refractivity contribution in [1.82, 2.24) is 15.2 Å². The van der Waals surface area contributed by atoms with Crippen molar-refractivity contribution in [2.75, 3.05) is 10.6 Å². The van der Waals surface area contributed by atoms with E-state index in [0.29, 0.717) is 26.5 Å². The number of anilines is 2. The van der Waals surface area contributed by atoms with Gasteiger partial charge in [0.1, 0.15) is 5.69 Å².